The molecule has 0 spiro atoms. The molecule has 17 heavy (non-hydrogen) atoms. The Bertz CT molecular complexity index is 431. The lowest BCUT2D eigenvalue weighted by atomic mass is 10.1. The zero-order valence-corrected chi connectivity index (χ0v) is 10.5. The van der Waals surface area contributed by atoms with Crippen LogP contribution in [0.2, 0.25) is 0 Å². The lowest BCUT2D eigenvalue weighted by Gasteiger charge is -2.32. The van der Waals surface area contributed by atoms with Crippen LogP contribution in [0.25, 0.3) is 0 Å². The summed E-state index contributed by atoms with van der Waals surface area (Å²) >= 11 is 0. The van der Waals surface area contributed by atoms with E-state index < -0.39 is 0 Å². The highest BCUT2D eigenvalue weighted by Gasteiger charge is 2.27. The lowest BCUT2D eigenvalue weighted by molar-refractivity contribution is -0.121. The van der Waals surface area contributed by atoms with Gasteiger partial charge in [0.25, 0.3) is 0 Å². The Morgan fingerprint density at radius 1 is 1.47 bits per heavy atom. The first-order valence-corrected chi connectivity index (χ1v) is 5.83. The molecule has 92 valence electrons. The van der Waals surface area contributed by atoms with E-state index in [4.69, 9.17) is 4.74 Å². The maximum atomic E-state index is 12.1. The number of hydrogen-bond donors (Lipinski definition) is 1. The number of amides is 1. The minimum Gasteiger partial charge on any atom is -0.495 e. The molecule has 4 nitrogen and oxygen atoms in total. The van der Waals surface area contributed by atoms with Crippen LogP contribution in [0.1, 0.15) is 12.5 Å². The highest BCUT2D eigenvalue weighted by Crippen LogP contribution is 2.30. The van der Waals surface area contributed by atoms with Crippen molar-refractivity contribution in [2.24, 2.45) is 0 Å². The molecule has 4 heteroatoms. The van der Waals surface area contributed by atoms with Crippen molar-refractivity contribution in [3.8, 4) is 5.75 Å². The Balaban J connectivity index is 2.38. The minimum absolute atomic E-state index is 0.0974. The Labute approximate surface area is 102 Å². The van der Waals surface area contributed by atoms with Gasteiger partial charge in [-0.3, -0.25) is 4.79 Å². The van der Waals surface area contributed by atoms with E-state index in [1.807, 2.05) is 32.0 Å². The Morgan fingerprint density at radius 3 is 2.94 bits per heavy atom. The molecule has 1 N–H and O–H groups in total. The summed E-state index contributed by atoms with van der Waals surface area (Å²) in [5.41, 5.74) is 1.99. The second-order valence-electron chi connectivity index (χ2n) is 4.34. The van der Waals surface area contributed by atoms with Gasteiger partial charge in [0.2, 0.25) is 5.91 Å². The third-order valence-corrected chi connectivity index (χ3v) is 3.05. The van der Waals surface area contributed by atoms with Crippen molar-refractivity contribution in [3.63, 3.8) is 0 Å². The zero-order valence-electron chi connectivity index (χ0n) is 10.5. The number of carbonyl (C=O) groups excluding carboxylic acids is 1. The molecule has 0 radical (unpaired) electrons. The molecular formula is C13H18N2O2. The molecule has 0 aromatic heterocycles. The Kier molecular flexibility index (Phi) is 3.33. The fourth-order valence-corrected chi connectivity index (χ4v) is 2.07. The first kappa shape index (κ1) is 11.9. The summed E-state index contributed by atoms with van der Waals surface area (Å²) in [5.74, 6) is 0.846. The van der Waals surface area contributed by atoms with Gasteiger partial charge in [-0.2, -0.15) is 0 Å². The summed E-state index contributed by atoms with van der Waals surface area (Å²) in [6, 6.07) is 5.76. The van der Waals surface area contributed by atoms with E-state index in [0.717, 1.165) is 23.5 Å². The second kappa shape index (κ2) is 4.75. The monoisotopic (exact) mass is 234 g/mol. The normalized spacial score (nSPS) is 20.5. The van der Waals surface area contributed by atoms with Crippen molar-refractivity contribution < 1.29 is 9.53 Å². The fourth-order valence-electron chi connectivity index (χ4n) is 2.07. The summed E-state index contributed by atoms with van der Waals surface area (Å²) in [5, 5.41) is 3.15. The molecule has 1 heterocycles. The predicted molar refractivity (Wildman–Crippen MR) is 67.5 cm³/mol. The van der Waals surface area contributed by atoms with Crippen LogP contribution in [0.4, 0.5) is 5.69 Å². The van der Waals surface area contributed by atoms with Crippen molar-refractivity contribution in [3.05, 3.63) is 23.8 Å². The molecule has 1 aliphatic heterocycles. The van der Waals surface area contributed by atoms with Gasteiger partial charge in [0.15, 0.2) is 0 Å². The molecule has 0 saturated carbocycles. The SMILES string of the molecule is COc1ccc(C)cc1N1CCNC(C)C1=O. The number of benzene rings is 1. The average Bonchev–Trinajstić information content (AvgIpc) is 2.33. The third kappa shape index (κ3) is 2.26. The van der Waals surface area contributed by atoms with Crippen LogP contribution < -0.4 is 15.0 Å². The molecule has 1 aromatic carbocycles. The van der Waals surface area contributed by atoms with E-state index in [1.165, 1.54) is 0 Å². The number of anilines is 1. The van der Waals surface area contributed by atoms with Crippen LogP contribution >= 0.6 is 0 Å². The summed E-state index contributed by atoms with van der Waals surface area (Å²) in [6.07, 6.45) is 0. The molecular weight excluding hydrogens is 216 g/mol. The maximum absolute atomic E-state index is 12.1. The molecule has 1 aliphatic rings. The van der Waals surface area contributed by atoms with Crippen LogP contribution in [-0.2, 0) is 4.79 Å². The zero-order chi connectivity index (χ0) is 12.4. The molecule has 0 bridgehead atoms. The first-order valence-electron chi connectivity index (χ1n) is 5.83. The van der Waals surface area contributed by atoms with E-state index in [9.17, 15) is 4.79 Å². The molecule has 1 aromatic rings. The molecule has 1 saturated heterocycles. The molecule has 0 aliphatic carbocycles. The number of nitrogens with zero attached hydrogens (tertiary/aromatic N) is 1. The third-order valence-electron chi connectivity index (χ3n) is 3.05. The smallest absolute Gasteiger partial charge is 0.243 e. The van der Waals surface area contributed by atoms with Gasteiger partial charge in [-0.15, -0.1) is 0 Å². The van der Waals surface area contributed by atoms with Gasteiger partial charge in [0.05, 0.1) is 18.8 Å². The number of ether oxygens (including phenoxy) is 1. The van der Waals surface area contributed by atoms with Crippen molar-refractivity contribution in [2.75, 3.05) is 25.1 Å². The number of nitrogens with one attached hydrogen (secondary N) is 1. The molecule has 2 rings (SSSR count). The summed E-state index contributed by atoms with van der Waals surface area (Å²) in [6.45, 7) is 5.39. The van der Waals surface area contributed by atoms with Crippen LogP contribution in [0, 0.1) is 6.92 Å². The minimum atomic E-state index is -0.131. The van der Waals surface area contributed by atoms with E-state index in [-0.39, 0.29) is 11.9 Å². The topological polar surface area (TPSA) is 41.6 Å². The van der Waals surface area contributed by atoms with Gasteiger partial charge in [0.1, 0.15) is 5.75 Å². The van der Waals surface area contributed by atoms with Crippen molar-refractivity contribution in [1.82, 2.24) is 5.32 Å². The van der Waals surface area contributed by atoms with Crippen molar-refractivity contribution in [2.45, 2.75) is 19.9 Å². The Morgan fingerprint density at radius 2 is 2.24 bits per heavy atom. The molecule has 1 unspecified atom stereocenters. The van der Waals surface area contributed by atoms with Crippen LogP contribution in [0.3, 0.4) is 0 Å². The first-order chi connectivity index (χ1) is 8.13. The number of carbonyl (C=O) groups is 1. The van der Waals surface area contributed by atoms with Crippen LogP contribution in [0.15, 0.2) is 18.2 Å². The highest BCUT2D eigenvalue weighted by atomic mass is 16.5. The number of hydrogen-bond acceptors (Lipinski definition) is 3. The summed E-state index contributed by atoms with van der Waals surface area (Å²) in [7, 11) is 1.63. The van der Waals surface area contributed by atoms with E-state index in [0.29, 0.717) is 6.54 Å². The summed E-state index contributed by atoms with van der Waals surface area (Å²) in [4.78, 5) is 13.9. The van der Waals surface area contributed by atoms with Crippen LogP contribution in [-0.4, -0.2) is 32.1 Å². The molecule has 1 fully saturated rings. The lowest BCUT2D eigenvalue weighted by Crippen LogP contribution is -2.54. The van der Waals surface area contributed by atoms with Crippen molar-refractivity contribution in [1.29, 1.82) is 0 Å². The van der Waals surface area contributed by atoms with Gasteiger partial charge >= 0.3 is 0 Å². The molecule has 1 amide bonds. The fraction of sp³-hybridized carbons (Fsp3) is 0.462. The quantitative estimate of drug-likeness (QED) is 0.839. The van der Waals surface area contributed by atoms with Gasteiger partial charge in [-0.05, 0) is 31.5 Å². The van der Waals surface area contributed by atoms with E-state index in [2.05, 4.69) is 5.32 Å². The van der Waals surface area contributed by atoms with Crippen molar-refractivity contribution >= 4 is 11.6 Å². The summed E-state index contributed by atoms with van der Waals surface area (Å²) < 4.78 is 5.32. The largest absolute Gasteiger partial charge is 0.495 e. The van der Waals surface area contributed by atoms with E-state index in [1.54, 1.807) is 12.0 Å². The number of methoxy groups -OCH3 is 1. The predicted octanol–water partition coefficient (Wildman–Crippen LogP) is 1.33. The maximum Gasteiger partial charge on any atom is 0.243 e. The molecule has 1 atom stereocenters. The second-order valence-corrected chi connectivity index (χ2v) is 4.34. The van der Waals surface area contributed by atoms with Crippen LogP contribution in [0.5, 0.6) is 5.75 Å². The van der Waals surface area contributed by atoms with Gasteiger partial charge in [-0.1, -0.05) is 6.07 Å². The average molecular weight is 234 g/mol. The van der Waals surface area contributed by atoms with Gasteiger partial charge < -0.3 is 15.0 Å². The van der Waals surface area contributed by atoms with Gasteiger partial charge in [-0.25, -0.2) is 0 Å². The Hall–Kier alpha value is -1.55. The standard InChI is InChI=1S/C13H18N2O2/c1-9-4-5-12(17-3)11(8-9)15-7-6-14-10(2)13(15)16/h4-5,8,10,14H,6-7H2,1-3H3. The number of rotatable bonds is 2. The highest BCUT2D eigenvalue weighted by molar-refractivity contribution is 5.99. The number of aryl methyl sites for hydroxylation is 1. The van der Waals surface area contributed by atoms with Gasteiger partial charge in [0, 0.05) is 13.1 Å². The number of piperazine rings is 1. The van der Waals surface area contributed by atoms with E-state index >= 15 is 0 Å².